The van der Waals surface area contributed by atoms with Crippen LogP contribution in [0.4, 0.5) is 5.69 Å². The number of aromatic nitrogens is 5. The molecule has 1 amide bonds. The van der Waals surface area contributed by atoms with Crippen LogP contribution >= 0.6 is 0 Å². The summed E-state index contributed by atoms with van der Waals surface area (Å²) in [7, 11) is 0. The molecular formula is C13H12N6O. The van der Waals surface area contributed by atoms with E-state index in [0.29, 0.717) is 11.5 Å². The molecule has 0 aliphatic rings. The number of H-pyrrole nitrogens is 1. The van der Waals surface area contributed by atoms with Crippen LogP contribution in [-0.4, -0.2) is 30.6 Å². The minimum Gasteiger partial charge on any atom is -0.317 e. The average Bonchev–Trinajstić information content (AvgIpc) is 3.10. The van der Waals surface area contributed by atoms with Crippen LogP contribution in [0.25, 0.3) is 5.69 Å². The van der Waals surface area contributed by atoms with Crippen LogP contribution in [-0.2, 0) is 0 Å². The van der Waals surface area contributed by atoms with Gasteiger partial charge < -0.3 is 9.88 Å². The number of hydrogen-bond donors (Lipinski definition) is 2. The van der Waals surface area contributed by atoms with Gasteiger partial charge in [-0.2, -0.15) is 0 Å². The van der Waals surface area contributed by atoms with Crippen LogP contribution in [0.15, 0.2) is 43.0 Å². The van der Waals surface area contributed by atoms with Gasteiger partial charge in [-0.3, -0.25) is 9.89 Å². The first-order chi connectivity index (χ1) is 9.74. The molecule has 1 aromatic carbocycles. The predicted molar refractivity (Wildman–Crippen MR) is 72.6 cm³/mol. The summed E-state index contributed by atoms with van der Waals surface area (Å²) in [6.45, 7) is 1.74. The molecular weight excluding hydrogens is 256 g/mol. The van der Waals surface area contributed by atoms with Crippen molar-refractivity contribution in [2.24, 2.45) is 0 Å². The Morgan fingerprint density at radius 2 is 2.20 bits per heavy atom. The summed E-state index contributed by atoms with van der Waals surface area (Å²) in [5.74, 6) is 0.350. The van der Waals surface area contributed by atoms with Gasteiger partial charge in [0.05, 0.1) is 17.7 Å². The highest BCUT2D eigenvalue weighted by atomic mass is 16.2. The normalized spacial score (nSPS) is 10.4. The van der Waals surface area contributed by atoms with Crippen LogP contribution < -0.4 is 5.32 Å². The first-order valence-corrected chi connectivity index (χ1v) is 6.02. The van der Waals surface area contributed by atoms with E-state index < -0.39 is 0 Å². The van der Waals surface area contributed by atoms with Gasteiger partial charge in [-0.1, -0.05) is 12.1 Å². The number of benzene rings is 1. The van der Waals surface area contributed by atoms with Gasteiger partial charge in [0.25, 0.3) is 5.91 Å². The number of aryl methyl sites for hydroxylation is 1. The Kier molecular flexibility index (Phi) is 3.00. The van der Waals surface area contributed by atoms with Gasteiger partial charge in [-0.05, 0) is 19.1 Å². The molecule has 2 aromatic heterocycles. The Morgan fingerprint density at radius 3 is 2.90 bits per heavy atom. The zero-order chi connectivity index (χ0) is 13.9. The van der Waals surface area contributed by atoms with E-state index in [1.54, 1.807) is 19.4 Å². The minimum absolute atomic E-state index is 0.114. The number of carbonyl (C=O) groups excluding carboxylic acids is 1. The lowest BCUT2D eigenvalue weighted by atomic mass is 10.2. The Morgan fingerprint density at radius 1 is 1.35 bits per heavy atom. The molecule has 0 spiro atoms. The number of para-hydroxylation sites is 2. The summed E-state index contributed by atoms with van der Waals surface area (Å²) in [5.41, 5.74) is 1.49. The van der Waals surface area contributed by atoms with Gasteiger partial charge in [0.15, 0.2) is 0 Å². The molecule has 0 bridgehead atoms. The average molecular weight is 268 g/mol. The summed E-state index contributed by atoms with van der Waals surface area (Å²) >= 11 is 0. The number of nitrogens with one attached hydrogen (secondary N) is 2. The van der Waals surface area contributed by atoms with Crippen LogP contribution in [0.1, 0.15) is 16.4 Å². The second-order valence-electron chi connectivity index (χ2n) is 4.19. The smallest absolute Gasteiger partial charge is 0.295 e. The first-order valence-electron chi connectivity index (χ1n) is 6.02. The van der Waals surface area contributed by atoms with Gasteiger partial charge in [-0.15, -0.1) is 5.10 Å². The van der Waals surface area contributed by atoms with Gasteiger partial charge in [0.2, 0.25) is 5.82 Å². The second kappa shape index (κ2) is 4.96. The molecule has 2 N–H and O–H groups in total. The molecule has 100 valence electrons. The fraction of sp³-hybridized carbons (Fsp3) is 0.0769. The van der Waals surface area contributed by atoms with Gasteiger partial charge >= 0.3 is 0 Å². The molecule has 20 heavy (non-hydrogen) atoms. The number of imidazole rings is 1. The van der Waals surface area contributed by atoms with Gasteiger partial charge in [0.1, 0.15) is 5.82 Å². The zero-order valence-electron chi connectivity index (χ0n) is 10.7. The molecule has 3 aromatic rings. The Bertz CT molecular complexity index is 731. The van der Waals surface area contributed by atoms with Crippen molar-refractivity contribution >= 4 is 11.6 Å². The highest BCUT2D eigenvalue weighted by molar-refractivity contribution is 6.02. The van der Waals surface area contributed by atoms with Crippen molar-refractivity contribution in [2.75, 3.05) is 5.32 Å². The Hall–Kier alpha value is -2.96. The van der Waals surface area contributed by atoms with Crippen LogP contribution in [0.2, 0.25) is 0 Å². The van der Waals surface area contributed by atoms with Crippen LogP contribution in [0, 0.1) is 6.92 Å². The molecule has 0 unspecified atom stereocenters. The lowest BCUT2D eigenvalue weighted by Crippen LogP contribution is -2.15. The van der Waals surface area contributed by atoms with E-state index in [0.717, 1.165) is 5.69 Å². The molecule has 0 aliphatic heterocycles. The van der Waals surface area contributed by atoms with E-state index in [-0.39, 0.29) is 11.7 Å². The fourth-order valence-corrected chi connectivity index (χ4v) is 1.83. The standard InChI is InChI=1S/C13H12N6O/c1-9-15-12(18-17-9)13(20)16-10-4-2-3-5-11(10)19-7-6-14-8-19/h2-8H,1H3,(H,16,20)(H,15,17,18). The van der Waals surface area contributed by atoms with Crippen molar-refractivity contribution in [1.29, 1.82) is 0 Å². The molecule has 0 saturated carbocycles. The maximum Gasteiger partial charge on any atom is 0.295 e. The number of carbonyl (C=O) groups is 1. The van der Waals surface area contributed by atoms with Gasteiger partial charge in [0, 0.05) is 12.4 Å². The Labute approximate surface area is 114 Å². The van der Waals surface area contributed by atoms with Crippen molar-refractivity contribution in [3.8, 4) is 5.69 Å². The van der Waals surface area contributed by atoms with E-state index in [9.17, 15) is 4.79 Å². The van der Waals surface area contributed by atoms with Crippen molar-refractivity contribution in [3.63, 3.8) is 0 Å². The maximum absolute atomic E-state index is 12.1. The molecule has 2 heterocycles. The fourth-order valence-electron chi connectivity index (χ4n) is 1.83. The summed E-state index contributed by atoms with van der Waals surface area (Å²) < 4.78 is 1.82. The number of rotatable bonds is 3. The molecule has 0 atom stereocenters. The SMILES string of the molecule is Cc1nc(C(=O)Nc2ccccc2-n2ccnc2)n[nH]1. The minimum atomic E-state index is -0.359. The molecule has 0 radical (unpaired) electrons. The van der Waals surface area contributed by atoms with Crippen molar-refractivity contribution in [3.05, 3.63) is 54.6 Å². The third-order valence-electron chi connectivity index (χ3n) is 2.74. The monoisotopic (exact) mass is 268 g/mol. The molecule has 0 fully saturated rings. The van der Waals surface area contributed by atoms with E-state index in [4.69, 9.17) is 0 Å². The lowest BCUT2D eigenvalue weighted by Gasteiger charge is -2.10. The van der Waals surface area contributed by atoms with Crippen LogP contribution in [0.5, 0.6) is 0 Å². The van der Waals surface area contributed by atoms with E-state index in [1.165, 1.54) is 0 Å². The summed E-state index contributed by atoms with van der Waals surface area (Å²) in [6.07, 6.45) is 5.15. The number of amides is 1. The topological polar surface area (TPSA) is 88.5 Å². The quantitative estimate of drug-likeness (QED) is 0.754. The summed E-state index contributed by atoms with van der Waals surface area (Å²) in [6, 6.07) is 7.44. The highest BCUT2D eigenvalue weighted by Crippen LogP contribution is 2.19. The van der Waals surface area contributed by atoms with E-state index >= 15 is 0 Å². The number of hydrogen-bond acceptors (Lipinski definition) is 4. The molecule has 3 rings (SSSR count). The molecule has 7 heteroatoms. The zero-order valence-corrected chi connectivity index (χ0v) is 10.7. The lowest BCUT2D eigenvalue weighted by molar-refractivity contribution is 0.101. The maximum atomic E-state index is 12.1. The highest BCUT2D eigenvalue weighted by Gasteiger charge is 2.13. The van der Waals surface area contributed by atoms with Crippen LogP contribution in [0.3, 0.4) is 0 Å². The molecule has 0 aliphatic carbocycles. The third kappa shape index (κ3) is 2.28. The van der Waals surface area contributed by atoms with Crippen molar-refractivity contribution < 1.29 is 4.79 Å². The second-order valence-corrected chi connectivity index (χ2v) is 4.19. The summed E-state index contributed by atoms with van der Waals surface area (Å²) in [5, 5.41) is 9.27. The van der Waals surface area contributed by atoms with E-state index in [2.05, 4.69) is 25.5 Å². The number of nitrogens with zero attached hydrogens (tertiary/aromatic N) is 4. The number of aromatic amines is 1. The first kappa shape index (κ1) is 12.1. The third-order valence-corrected chi connectivity index (χ3v) is 2.74. The molecule has 7 nitrogen and oxygen atoms in total. The Balaban J connectivity index is 1.90. The predicted octanol–water partition coefficient (Wildman–Crippen LogP) is 1.55. The van der Waals surface area contributed by atoms with Crippen molar-refractivity contribution in [2.45, 2.75) is 6.92 Å². The van der Waals surface area contributed by atoms with Gasteiger partial charge in [-0.25, -0.2) is 9.97 Å². The number of anilines is 1. The summed E-state index contributed by atoms with van der Waals surface area (Å²) in [4.78, 5) is 20.1. The molecule has 0 saturated heterocycles. The van der Waals surface area contributed by atoms with E-state index in [1.807, 2.05) is 35.0 Å². The van der Waals surface area contributed by atoms with Crippen molar-refractivity contribution in [1.82, 2.24) is 24.7 Å². The largest absolute Gasteiger partial charge is 0.317 e.